The van der Waals surface area contributed by atoms with Crippen molar-refractivity contribution in [2.24, 2.45) is 5.92 Å². The summed E-state index contributed by atoms with van der Waals surface area (Å²) in [5.74, 6) is 1.38. The molecule has 1 aromatic rings. The number of thiazole rings is 1. The second-order valence-corrected chi connectivity index (χ2v) is 7.84. The van der Waals surface area contributed by atoms with Crippen molar-refractivity contribution >= 4 is 11.3 Å². The highest BCUT2D eigenvalue weighted by atomic mass is 32.1. The van der Waals surface area contributed by atoms with Crippen LogP contribution in [-0.2, 0) is 5.54 Å². The van der Waals surface area contributed by atoms with Crippen LogP contribution in [0.2, 0.25) is 0 Å². The molecule has 20 heavy (non-hydrogen) atoms. The van der Waals surface area contributed by atoms with Gasteiger partial charge in [0, 0.05) is 11.4 Å². The summed E-state index contributed by atoms with van der Waals surface area (Å²) in [5, 5.41) is 7.47. The first-order valence-corrected chi connectivity index (χ1v) is 9.08. The summed E-state index contributed by atoms with van der Waals surface area (Å²) in [6, 6.07) is 0.511. The van der Waals surface area contributed by atoms with Gasteiger partial charge >= 0.3 is 0 Å². The fourth-order valence-electron chi connectivity index (χ4n) is 3.45. The van der Waals surface area contributed by atoms with Gasteiger partial charge in [-0.05, 0) is 38.5 Å². The molecule has 2 atom stereocenters. The van der Waals surface area contributed by atoms with E-state index in [2.05, 4.69) is 45.3 Å². The van der Waals surface area contributed by atoms with Crippen LogP contribution >= 0.6 is 11.3 Å². The SMILES string of the molecule is CCC1CCCC(NC(C)C)(c2nc(C(C)C)cs2)C1. The molecule has 2 unspecified atom stereocenters. The van der Waals surface area contributed by atoms with E-state index in [-0.39, 0.29) is 5.54 Å². The lowest BCUT2D eigenvalue weighted by atomic mass is 9.74. The Hall–Kier alpha value is -0.410. The Balaban J connectivity index is 2.30. The lowest BCUT2D eigenvalue weighted by Crippen LogP contribution is -2.49. The first-order chi connectivity index (χ1) is 9.47. The van der Waals surface area contributed by atoms with Gasteiger partial charge < -0.3 is 5.32 Å². The van der Waals surface area contributed by atoms with Crippen molar-refractivity contribution in [2.75, 3.05) is 0 Å². The van der Waals surface area contributed by atoms with Crippen molar-refractivity contribution in [3.63, 3.8) is 0 Å². The van der Waals surface area contributed by atoms with Crippen LogP contribution in [0, 0.1) is 5.92 Å². The summed E-state index contributed by atoms with van der Waals surface area (Å²) in [6.07, 6.45) is 6.51. The molecule has 0 spiro atoms. The largest absolute Gasteiger partial charge is 0.303 e. The van der Waals surface area contributed by atoms with E-state index in [0.29, 0.717) is 12.0 Å². The normalized spacial score (nSPS) is 27.4. The summed E-state index contributed by atoms with van der Waals surface area (Å²) >= 11 is 1.86. The average molecular weight is 295 g/mol. The molecule has 3 heteroatoms. The van der Waals surface area contributed by atoms with Crippen LogP contribution in [-0.4, -0.2) is 11.0 Å². The molecule has 2 rings (SSSR count). The second kappa shape index (κ2) is 6.57. The highest BCUT2D eigenvalue weighted by Gasteiger charge is 2.40. The van der Waals surface area contributed by atoms with Gasteiger partial charge in [-0.25, -0.2) is 4.98 Å². The van der Waals surface area contributed by atoms with Crippen LogP contribution in [0.5, 0.6) is 0 Å². The lowest BCUT2D eigenvalue weighted by Gasteiger charge is -2.41. The monoisotopic (exact) mass is 294 g/mol. The Morgan fingerprint density at radius 3 is 2.70 bits per heavy atom. The molecule has 0 aliphatic heterocycles. The Labute approximate surface area is 128 Å². The zero-order valence-electron chi connectivity index (χ0n) is 13.7. The van der Waals surface area contributed by atoms with E-state index in [1.165, 1.54) is 42.8 Å². The molecule has 1 heterocycles. The molecule has 1 N–H and O–H groups in total. The molecule has 1 aliphatic rings. The maximum absolute atomic E-state index is 4.98. The third-order valence-corrected chi connectivity index (χ3v) is 5.58. The van der Waals surface area contributed by atoms with Crippen LogP contribution in [0.15, 0.2) is 5.38 Å². The first-order valence-electron chi connectivity index (χ1n) is 8.20. The minimum Gasteiger partial charge on any atom is -0.303 e. The molecule has 0 saturated heterocycles. The van der Waals surface area contributed by atoms with Crippen molar-refractivity contribution in [2.45, 2.75) is 84.2 Å². The van der Waals surface area contributed by atoms with E-state index in [9.17, 15) is 0 Å². The van der Waals surface area contributed by atoms with E-state index >= 15 is 0 Å². The first kappa shape index (κ1) is 16.0. The zero-order chi connectivity index (χ0) is 14.8. The second-order valence-electron chi connectivity index (χ2n) is 6.98. The van der Waals surface area contributed by atoms with Crippen LogP contribution < -0.4 is 5.32 Å². The van der Waals surface area contributed by atoms with Gasteiger partial charge in [-0.1, -0.05) is 40.0 Å². The van der Waals surface area contributed by atoms with Crippen LogP contribution in [0.25, 0.3) is 0 Å². The maximum Gasteiger partial charge on any atom is 0.113 e. The van der Waals surface area contributed by atoms with Crippen molar-refractivity contribution in [1.29, 1.82) is 0 Å². The van der Waals surface area contributed by atoms with Gasteiger partial charge in [0.05, 0.1) is 11.2 Å². The molecule has 0 bridgehead atoms. The molecular weight excluding hydrogens is 264 g/mol. The van der Waals surface area contributed by atoms with Gasteiger partial charge in [-0.3, -0.25) is 0 Å². The van der Waals surface area contributed by atoms with Crippen LogP contribution in [0.4, 0.5) is 0 Å². The van der Waals surface area contributed by atoms with Crippen LogP contribution in [0.1, 0.15) is 83.3 Å². The van der Waals surface area contributed by atoms with Crippen molar-refractivity contribution in [3.05, 3.63) is 16.1 Å². The molecule has 2 nitrogen and oxygen atoms in total. The number of hydrogen-bond acceptors (Lipinski definition) is 3. The van der Waals surface area contributed by atoms with Gasteiger partial charge in [-0.2, -0.15) is 0 Å². The fourth-order valence-corrected chi connectivity index (χ4v) is 4.63. The Bertz CT molecular complexity index is 424. The fraction of sp³-hybridized carbons (Fsp3) is 0.824. The highest BCUT2D eigenvalue weighted by Crippen LogP contribution is 2.43. The van der Waals surface area contributed by atoms with Gasteiger partial charge in [0.15, 0.2) is 0 Å². The minimum absolute atomic E-state index is 0.130. The molecule has 1 aliphatic carbocycles. The molecule has 1 fully saturated rings. The predicted molar refractivity (Wildman–Crippen MR) is 88.4 cm³/mol. The minimum atomic E-state index is 0.130. The average Bonchev–Trinajstić information content (AvgIpc) is 2.88. The van der Waals surface area contributed by atoms with E-state index in [4.69, 9.17) is 4.98 Å². The molecule has 1 saturated carbocycles. The number of rotatable bonds is 5. The smallest absolute Gasteiger partial charge is 0.113 e. The number of nitrogens with zero attached hydrogens (tertiary/aromatic N) is 1. The van der Waals surface area contributed by atoms with Gasteiger partial charge in [0.1, 0.15) is 5.01 Å². The Morgan fingerprint density at radius 2 is 2.15 bits per heavy atom. The summed E-state index contributed by atoms with van der Waals surface area (Å²) in [7, 11) is 0. The summed E-state index contributed by atoms with van der Waals surface area (Å²) in [5.41, 5.74) is 1.39. The summed E-state index contributed by atoms with van der Waals surface area (Å²) < 4.78 is 0. The number of nitrogens with one attached hydrogen (secondary N) is 1. The molecule has 0 aromatic carbocycles. The van der Waals surface area contributed by atoms with Crippen molar-refractivity contribution in [1.82, 2.24) is 10.3 Å². The number of hydrogen-bond donors (Lipinski definition) is 1. The van der Waals surface area contributed by atoms with E-state index in [0.717, 1.165) is 5.92 Å². The molecule has 0 radical (unpaired) electrons. The predicted octanol–water partition coefficient (Wildman–Crippen LogP) is 5.06. The zero-order valence-corrected chi connectivity index (χ0v) is 14.5. The van der Waals surface area contributed by atoms with Gasteiger partial charge in [-0.15, -0.1) is 11.3 Å². The van der Waals surface area contributed by atoms with Crippen LogP contribution in [0.3, 0.4) is 0 Å². The van der Waals surface area contributed by atoms with Crippen molar-refractivity contribution in [3.8, 4) is 0 Å². The maximum atomic E-state index is 4.98. The standard InChI is InChI=1S/C17H30N2S/c1-6-14-8-7-9-17(10-14,19-13(4)5)16-18-15(11-20-16)12(2)3/h11-14,19H,6-10H2,1-5H3. The lowest BCUT2D eigenvalue weighted by molar-refractivity contribution is 0.163. The van der Waals surface area contributed by atoms with E-state index in [1.807, 2.05) is 11.3 Å². The van der Waals surface area contributed by atoms with E-state index < -0.39 is 0 Å². The van der Waals surface area contributed by atoms with Gasteiger partial charge in [0.25, 0.3) is 0 Å². The molecule has 0 amide bonds. The third kappa shape index (κ3) is 3.43. The molecular formula is C17H30N2S. The van der Waals surface area contributed by atoms with E-state index in [1.54, 1.807) is 0 Å². The third-order valence-electron chi connectivity index (χ3n) is 4.52. The molecule has 114 valence electrons. The number of aromatic nitrogens is 1. The highest BCUT2D eigenvalue weighted by molar-refractivity contribution is 7.09. The molecule has 1 aromatic heterocycles. The quantitative estimate of drug-likeness (QED) is 0.821. The summed E-state index contributed by atoms with van der Waals surface area (Å²) in [6.45, 7) is 11.3. The van der Waals surface area contributed by atoms with Crippen molar-refractivity contribution < 1.29 is 0 Å². The Morgan fingerprint density at radius 1 is 1.40 bits per heavy atom. The summed E-state index contributed by atoms with van der Waals surface area (Å²) in [4.78, 5) is 4.98. The Kier molecular flexibility index (Phi) is 5.25. The van der Waals surface area contributed by atoms with Gasteiger partial charge in [0.2, 0.25) is 0 Å². The topological polar surface area (TPSA) is 24.9 Å².